The van der Waals surface area contributed by atoms with Gasteiger partial charge < -0.3 is 4.74 Å². The average molecular weight is 173 g/mol. The van der Waals surface area contributed by atoms with Crippen molar-refractivity contribution in [3.8, 4) is 18.1 Å². The van der Waals surface area contributed by atoms with Crippen molar-refractivity contribution in [1.82, 2.24) is 0 Å². The van der Waals surface area contributed by atoms with E-state index in [1.54, 1.807) is 36.7 Å². The Labute approximate surface area is 76.2 Å². The first-order valence-electron chi connectivity index (χ1n) is 3.56. The predicted molar refractivity (Wildman–Crippen MR) is 46.7 cm³/mol. The third-order valence-corrected chi connectivity index (χ3v) is 1.53. The Morgan fingerprint density at radius 2 is 1.85 bits per heavy atom. The number of hydrogen-bond acceptors (Lipinski definition) is 4. The maximum absolute atomic E-state index is 8.60. The monoisotopic (exact) mass is 173 g/mol. The number of anilines is 1. The zero-order chi connectivity index (χ0) is 9.68. The van der Waals surface area contributed by atoms with Crippen molar-refractivity contribution in [2.75, 3.05) is 12.0 Å². The molecule has 0 heterocycles. The molecule has 0 atom stereocenters. The number of methoxy groups -OCH3 is 1. The summed E-state index contributed by atoms with van der Waals surface area (Å²) in [7, 11) is 1.49. The van der Waals surface area contributed by atoms with Gasteiger partial charge in [-0.25, -0.2) is 0 Å². The second kappa shape index (κ2) is 3.99. The highest BCUT2D eigenvalue weighted by Crippen LogP contribution is 2.26. The smallest absolute Gasteiger partial charge is 0.199 e. The molecule has 0 saturated carbocycles. The molecule has 0 fully saturated rings. The lowest BCUT2D eigenvalue weighted by Crippen LogP contribution is -2.08. The second-order valence-corrected chi connectivity index (χ2v) is 2.21. The van der Waals surface area contributed by atoms with Gasteiger partial charge >= 0.3 is 0 Å². The van der Waals surface area contributed by atoms with Crippen molar-refractivity contribution in [2.24, 2.45) is 0 Å². The number of nitriles is 2. The summed E-state index contributed by atoms with van der Waals surface area (Å²) in [5.74, 6) is 0.505. The summed E-state index contributed by atoms with van der Waals surface area (Å²) in [6.07, 6.45) is 3.47. The lowest BCUT2D eigenvalue weighted by Gasteiger charge is -2.09. The van der Waals surface area contributed by atoms with E-state index >= 15 is 0 Å². The molecule has 0 aliphatic carbocycles. The molecule has 0 bridgehead atoms. The van der Waals surface area contributed by atoms with Crippen LogP contribution in [0.25, 0.3) is 0 Å². The number of benzene rings is 1. The van der Waals surface area contributed by atoms with Gasteiger partial charge in [0.15, 0.2) is 12.4 Å². The zero-order valence-corrected chi connectivity index (χ0v) is 7.06. The van der Waals surface area contributed by atoms with Crippen molar-refractivity contribution in [3.05, 3.63) is 24.3 Å². The Morgan fingerprint density at radius 1 is 1.23 bits per heavy atom. The van der Waals surface area contributed by atoms with E-state index in [9.17, 15) is 0 Å². The normalized spacial score (nSPS) is 8.23. The highest BCUT2D eigenvalue weighted by atomic mass is 16.5. The quantitative estimate of drug-likeness (QED) is 0.501. The third kappa shape index (κ3) is 1.69. The summed E-state index contributed by atoms with van der Waals surface area (Å²) in [5, 5.41) is 17.2. The van der Waals surface area contributed by atoms with Gasteiger partial charge in [0.1, 0.15) is 11.4 Å². The largest absolute Gasteiger partial charge is 0.495 e. The molecule has 0 N–H and O–H groups in total. The molecule has 64 valence electrons. The zero-order valence-electron chi connectivity index (χ0n) is 7.06. The molecular formula is C9H7N3O. The number of para-hydroxylation sites is 2. The lowest BCUT2D eigenvalue weighted by atomic mass is 10.3. The molecule has 1 aromatic rings. The minimum atomic E-state index is 0.454. The first-order chi connectivity index (χ1) is 6.33. The van der Waals surface area contributed by atoms with Crippen LogP contribution in [0, 0.1) is 22.9 Å². The van der Waals surface area contributed by atoms with Crippen LogP contribution in [-0.2, 0) is 0 Å². The van der Waals surface area contributed by atoms with Gasteiger partial charge in [-0.1, -0.05) is 12.1 Å². The Morgan fingerprint density at radius 3 is 2.38 bits per heavy atom. The molecule has 0 radical (unpaired) electrons. The van der Waals surface area contributed by atoms with Gasteiger partial charge in [-0.3, -0.25) is 0 Å². The third-order valence-electron chi connectivity index (χ3n) is 1.53. The van der Waals surface area contributed by atoms with E-state index in [0.29, 0.717) is 11.4 Å². The van der Waals surface area contributed by atoms with Crippen LogP contribution in [0.1, 0.15) is 0 Å². The number of rotatable bonds is 2. The summed E-state index contributed by atoms with van der Waals surface area (Å²) >= 11 is 0. The summed E-state index contributed by atoms with van der Waals surface area (Å²) in [4.78, 5) is 0.888. The minimum absolute atomic E-state index is 0.454. The maximum Gasteiger partial charge on any atom is 0.199 e. The topological polar surface area (TPSA) is 60.0 Å². The number of nitrogens with zero attached hydrogens (tertiary/aromatic N) is 3. The Kier molecular flexibility index (Phi) is 2.73. The molecule has 0 saturated heterocycles. The highest BCUT2D eigenvalue weighted by molar-refractivity contribution is 5.63. The van der Waals surface area contributed by atoms with E-state index in [1.165, 1.54) is 7.11 Å². The average Bonchev–Trinajstić information content (AvgIpc) is 2.20. The van der Waals surface area contributed by atoms with E-state index in [4.69, 9.17) is 15.3 Å². The molecule has 0 spiro atoms. The molecule has 1 aromatic carbocycles. The van der Waals surface area contributed by atoms with Crippen molar-refractivity contribution in [2.45, 2.75) is 0 Å². The molecule has 0 unspecified atom stereocenters. The molecule has 1 rings (SSSR count). The van der Waals surface area contributed by atoms with Gasteiger partial charge in [-0.05, 0) is 12.1 Å². The van der Waals surface area contributed by atoms with Gasteiger partial charge in [-0.15, -0.1) is 0 Å². The van der Waals surface area contributed by atoms with Crippen LogP contribution in [0.15, 0.2) is 24.3 Å². The van der Waals surface area contributed by atoms with E-state index in [2.05, 4.69) is 0 Å². The van der Waals surface area contributed by atoms with E-state index in [0.717, 1.165) is 4.90 Å². The van der Waals surface area contributed by atoms with Gasteiger partial charge in [-0.2, -0.15) is 15.4 Å². The van der Waals surface area contributed by atoms with Crippen LogP contribution in [0.4, 0.5) is 5.69 Å². The standard InChI is InChI=1S/C9H7N3O/c1-13-9-5-3-2-4-8(9)12(6-10)7-11/h2-5H,1H3. The van der Waals surface area contributed by atoms with Crippen molar-refractivity contribution >= 4 is 5.69 Å². The predicted octanol–water partition coefficient (Wildman–Crippen LogP) is 1.46. The second-order valence-electron chi connectivity index (χ2n) is 2.21. The van der Waals surface area contributed by atoms with Crippen LogP contribution >= 0.6 is 0 Å². The van der Waals surface area contributed by atoms with Crippen LogP contribution in [0.5, 0.6) is 5.75 Å². The molecular weight excluding hydrogens is 166 g/mol. The Hall–Kier alpha value is -2.20. The summed E-state index contributed by atoms with van der Waals surface area (Å²) in [6, 6.07) is 6.84. The van der Waals surface area contributed by atoms with Gasteiger partial charge in [0.05, 0.1) is 7.11 Å². The van der Waals surface area contributed by atoms with Crippen LogP contribution in [0.2, 0.25) is 0 Å². The van der Waals surface area contributed by atoms with Gasteiger partial charge in [0.2, 0.25) is 0 Å². The van der Waals surface area contributed by atoms with Crippen LogP contribution in [0.3, 0.4) is 0 Å². The Bertz CT molecular complexity index is 361. The fraction of sp³-hybridized carbons (Fsp3) is 0.111. The first kappa shape index (κ1) is 8.89. The van der Waals surface area contributed by atoms with E-state index in [-0.39, 0.29) is 0 Å². The highest BCUT2D eigenvalue weighted by Gasteiger charge is 2.08. The van der Waals surface area contributed by atoms with Crippen molar-refractivity contribution in [3.63, 3.8) is 0 Å². The van der Waals surface area contributed by atoms with Crippen LogP contribution < -0.4 is 9.64 Å². The first-order valence-corrected chi connectivity index (χ1v) is 3.56. The summed E-state index contributed by atoms with van der Waals surface area (Å²) in [6.45, 7) is 0. The van der Waals surface area contributed by atoms with Crippen LogP contribution in [-0.4, -0.2) is 7.11 Å². The van der Waals surface area contributed by atoms with Crippen molar-refractivity contribution in [1.29, 1.82) is 10.5 Å². The lowest BCUT2D eigenvalue weighted by molar-refractivity contribution is 0.416. The van der Waals surface area contributed by atoms with E-state index in [1.807, 2.05) is 0 Å². The number of ether oxygens (including phenoxy) is 1. The van der Waals surface area contributed by atoms with Gasteiger partial charge in [0, 0.05) is 0 Å². The molecule has 4 heteroatoms. The Balaban J connectivity index is 3.15. The SMILES string of the molecule is COc1ccccc1N(C#N)C#N. The van der Waals surface area contributed by atoms with Gasteiger partial charge in [0.25, 0.3) is 0 Å². The fourth-order valence-corrected chi connectivity index (χ4v) is 0.945. The fourth-order valence-electron chi connectivity index (χ4n) is 0.945. The maximum atomic E-state index is 8.60. The molecule has 0 aliphatic rings. The summed E-state index contributed by atoms with van der Waals surface area (Å²) < 4.78 is 4.99. The molecule has 0 aromatic heterocycles. The number of hydrogen-bond donors (Lipinski definition) is 0. The van der Waals surface area contributed by atoms with Crippen molar-refractivity contribution < 1.29 is 4.74 Å². The molecule has 0 amide bonds. The molecule has 0 aliphatic heterocycles. The van der Waals surface area contributed by atoms with E-state index < -0.39 is 0 Å². The minimum Gasteiger partial charge on any atom is -0.495 e. The molecule has 4 nitrogen and oxygen atoms in total. The summed E-state index contributed by atoms with van der Waals surface area (Å²) in [5.41, 5.74) is 0.454. The molecule has 13 heavy (non-hydrogen) atoms.